The summed E-state index contributed by atoms with van der Waals surface area (Å²) in [5.41, 5.74) is 1.41. The minimum absolute atomic E-state index is 0.158. The Bertz CT molecular complexity index is 794. The summed E-state index contributed by atoms with van der Waals surface area (Å²) >= 11 is 10.8. The van der Waals surface area contributed by atoms with Crippen LogP contribution in [0.3, 0.4) is 0 Å². The Kier molecular flexibility index (Phi) is 6.73. The van der Waals surface area contributed by atoms with E-state index in [4.69, 9.17) is 33.3 Å². The van der Waals surface area contributed by atoms with Gasteiger partial charge in [0.15, 0.2) is 16.6 Å². The molecule has 0 atom stereocenters. The van der Waals surface area contributed by atoms with Gasteiger partial charge >= 0.3 is 0 Å². The highest BCUT2D eigenvalue weighted by atomic mass is 35.5. The molecule has 1 amide bonds. The first kappa shape index (κ1) is 18.7. The molecule has 130 valence electrons. The zero-order chi connectivity index (χ0) is 18.2. The number of thiocarbonyl (C=S) groups is 1. The third kappa shape index (κ3) is 5.74. The van der Waals surface area contributed by atoms with E-state index in [0.717, 1.165) is 5.56 Å². The van der Waals surface area contributed by atoms with Gasteiger partial charge in [0, 0.05) is 6.08 Å². The van der Waals surface area contributed by atoms with Gasteiger partial charge in [-0.1, -0.05) is 17.7 Å². The lowest BCUT2D eigenvalue weighted by Gasteiger charge is -2.08. The van der Waals surface area contributed by atoms with Crippen LogP contribution in [0.1, 0.15) is 5.56 Å². The number of nitrogens with zero attached hydrogens (tertiary/aromatic N) is 1. The van der Waals surface area contributed by atoms with Gasteiger partial charge in [-0.25, -0.2) is 4.98 Å². The number of halogens is 1. The predicted molar refractivity (Wildman–Crippen MR) is 102 cm³/mol. The quantitative estimate of drug-likeness (QED) is 0.473. The first-order valence-electron chi connectivity index (χ1n) is 7.15. The number of carbonyl (C=O) groups is 1. The Morgan fingerprint density at radius 3 is 2.60 bits per heavy atom. The number of aromatic nitrogens is 1. The molecular formula is C17H16ClN3O3S. The van der Waals surface area contributed by atoms with Crippen molar-refractivity contribution in [2.24, 2.45) is 0 Å². The second kappa shape index (κ2) is 9.00. The molecule has 0 saturated carbocycles. The van der Waals surface area contributed by atoms with Crippen LogP contribution in [0.5, 0.6) is 11.5 Å². The van der Waals surface area contributed by atoms with Gasteiger partial charge in [-0.15, -0.1) is 0 Å². The van der Waals surface area contributed by atoms with E-state index in [2.05, 4.69) is 15.6 Å². The van der Waals surface area contributed by atoms with Gasteiger partial charge in [0.25, 0.3) is 0 Å². The number of hydrogen-bond acceptors (Lipinski definition) is 5. The molecule has 0 fully saturated rings. The summed E-state index contributed by atoms with van der Waals surface area (Å²) in [5.74, 6) is 0.831. The van der Waals surface area contributed by atoms with Crippen molar-refractivity contribution in [2.75, 3.05) is 19.5 Å². The summed E-state index contributed by atoms with van der Waals surface area (Å²) < 4.78 is 10.4. The molecule has 0 unspecified atom stereocenters. The van der Waals surface area contributed by atoms with Crippen LogP contribution in [-0.4, -0.2) is 30.2 Å². The van der Waals surface area contributed by atoms with Gasteiger partial charge in [0.2, 0.25) is 5.91 Å². The summed E-state index contributed by atoms with van der Waals surface area (Å²) in [6.45, 7) is 0. The Morgan fingerprint density at radius 2 is 1.96 bits per heavy atom. The number of hydrogen-bond donors (Lipinski definition) is 2. The lowest BCUT2D eigenvalue weighted by atomic mass is 10.2. The maximum Gasteiger partial charge on any atom is 0.250 e. The van der Waals surface area contributed by atoms with E-state index in [1.807, 2.05) is 0 Å². The van der Waals surface area contributed by atoms with Gasteiger partial charge < -0.3 is 14.8 Å². The van der Waals surface area contributed by atoms with E-state index < -0.39 is 0 Å². The first-order chi connectivity index (χ1) is 12.0. The van der Waals surface area contributed by atoms with E-state index in [1.54, 1.807) is 50.6 Å². The number of ether oxygens (including phenoxy) is 2. The Morgan fingerprint density at radius 1 is 1.20 bits per heavy atom. The highest BCUT2D eigenvalue weighted by Crippen LogP contribution is 2.27. The average Bonchev–Trinajstić information content (AvgIpc) is 2.61. The highest BCUT2D eigenvalue weighted by molar-refractivity contribution is 7.80. The molecule has 1 aromatic heterocycles. The summed E-state index contributed by atoms with van der Waals surface area (Å²) in [6.07, 6.45) is 4.53. The second-order valence-corrected chi connectivity index (χ2v) is 5.56. The minimum atomic E-state index is -0.366. The number of amides is 1. The van der Waals surface area contributed by atoms with Gasteiger partial charge in [0.05, 0.1) is 26.1 Å². The fourth-order valence-electron chi connectivity index (χ4n) is 1.89. The average molecular weight is 378 g/mol. The fraction of sp³-hybridized carbons (Fsp3) is 0.118. The summed E-state index contributed by atoms with van der Waals surface area (Å²) in [7, 11) is 3.11. The van der Waals surface area contributed by atoms with Gasteiger partial charge in [-0.2, -0.15) is 0 Å². The lowest BCUT2D eigenvalue weighted by Crippen LogP contribution is -2.32. The van der Waals surface area contributed by atoms with Crippen LogP contribution in [0.4, 0.5) is 5.69 Å². The van der Waals surface area contributed by atoms with Crippen LogP contribution in [-0.2, 0) is 4.79 Å². The monoisotopic (exact) mass is 377 g/mol. The van der Waals surface area contributed by atoms with E-state index in [9.17, 15) is 4.79 Å². The highest BCUT2D eigenvalue weighted by Gasteiger charge is 2.04. The number of carbonyl (C=O) groups excluding carboxylic acids is 1. The zero-order valence-corrected chi connectivity index (χ0v) is 15.1. The molecule has 1 heterocycles. The van der Waals surface area contributed by atoms with Crippen molar-refractivity contribution in [2.45, 2.75) is 0 Å². The van der Waals surface area contributed by atoms with Crippen LogP contribution >= 0.6 is 23.8 Å². The smallest absolute Gasteiger partial charge is 0.250 e. The van der Waals surface area contributed by atoms with E-state index in [1.165, 1.54) is 12.3 Å². The molecule has 2 aromatic rings. The zero-order valence-electron chi connectivity index (χ0n) is 13.6. The van der Waals surface area contributed by atoms with Gasteiger partial charge in [0.1, 0.15) is 5.15 Å². The molecule has 6 nitrogen and oxygen atoms in total. The topological polar surface area (TPSA) is 72.5 Å². The molecule has 1 aromatic carbocycles. The van der Waals surface area contributed by atoms with Crippen molar-refractivity contribution in [1.29, 1.82) is 0 Å². The Hall–Kier alpha value is -2.64. The summed E-state index contributed by atoms with van der Waals surface area (Å²) in [6, 6.07) is 8.65. The normalized spacial score (nSPS) is 10.4. The Balaban J connectivity index is 1.93. The van der Waals surface area contributed by atoms with Crippen LogP contribution < -0.4 is 20.1 Å². The summed E-state index contributed by atoms with van der Waals surface area (Å²) in [4.78, 5) is 15.8. The van der Waals surface area contributed by atoms with Gasteiger partial charge in [-0.05, 0) is 48.1 Å². The largest absolute Gasteiger partial charge is 0.493 e. The third-order valence-corrected chi connectivity index (χ3v) is 3.48. The van der Waals surface area contributed by atoms with Crippen LogP contribution in [0.2, 0.25) is 5.15 Å². The van der Waals surface area contributed by atoms with Crippen LogP contribution in [0, 0.1) is 0 Å². The molecule has 0 bridgehead atoms. The number of nitrogens with one attached hydrogen (secondary N) is 2. The SMILES string of the molecule is COc1ccc(/C=C/C(=O)NC(=S)Nc2ccc(Cl)nc2)cc1OC. The van der Waals surface area contributed by atoms with Crippen molar-refractivity contribution in [3.8, 4) is 11.5 Å². The van der Waals surface area contributed by atoms with Crippen molar-refractivity contribution < 1.29 is 14.3 Å². The standard InChI is InChI=1S/C17H16ClN3O3S/c1-23-13-6-3-11(9-14(13)24-2)4-8-16(22)21-17(25)20-12-5-7-15(18)19-10-12/h3-10H,1-2H3,(H2,20,21,22,25)/b8-4+. The van der Waals surface area contributed by atoms with Crippen molar-refractivity contribution >= 4 is 46.6 Å². The minimum Gasteiger partial charge on any atom is -0.493 e. The number of pyridine rings is 1. The molecule has 0 spiro atoms. The van der Waals surface area contributed by atoms with E-state index >= 15 is 0 Å². The number of anilines is 1. The second-order valence-electron chi connectivity index (χ2n) is 4.76. The molecule has 0 saturated heterocycles. The number of rotatable bonds is 5. The van der Waals surface area contributed by atoms with E-state index in [-0.39, 0.29) is 11.0 Å². The summed E-state index contributed by atoms with van der Waals surface area (Å²) in [5, 5.41) is 5.91. The van der Waals surface area contributed by atoms with Crippen LogP contribution in [0.25, 0.3) is 6.08 Å². The van der Waals surface area contributed by atoms with Gasteiger partial charge in [-0.3, -0.25) is 10.1 Å². The fourth-order valence-corrected chi connectivity index (χ4v) is 2.22. The first-order valence-corrected chi connectivity index (χ1v) is 7.94. The number of methoxy groups -OCH3 is 2. The molecule has 0 aliphatic carbocycles. The molecule has 2 rings (SSSR count). The molecule has 25 heavy (non-hydrogen) atoms. The molecule has 0 aliphatic heterocycles. The van der Waals surface area contributed by atoms with Crippen molar-refractivity contribution in [3.63, 3.8) is 0 Å². The van der Waals surface area contributed by atoms with E-state index in [0.29, 0.717) is 22.3 Å². The maximum absolute atomic E-state index is 11.9. The molecule has 0 aliphatic rings. The molecule has 8 heteroatoms. The molecule has 0 radical (unpaired) electrons. The van der Waals surface area contributed by atoms with Crippen molar-refractivity contribution in [1.82, 2.24) is 10.3 Å². The molecular weight excluding hydrogens is 362 g/mol. The molecule has 2 N–H and O–H groups in total. The number of benzene rings is 1. The third-order valence-electron chi connectivity index (χ3n) is 3.06. The predicted octanol–water partition coefficient (Wildman–Crippen LogP) is 3.28. The maximum atomic E-state index is 11.9. The lowest BCUT2D eigenvalue weighted by molar-refractivity contribution is -0.115. The Labute approximate surface area is 155 Å². The van der Waals surface area contributed by atoms with Crippen LogP contribution in [0.15, 0.2) is 42.6 Å². The van der Waals surface area contributed by atoms with Crippen molar-refractivity contribution in [3.05, 3.63) is 53.3 Å².